The van der Waals surface area contributed by atoms with E-state index in [-0.39, 0.29) is 5.97 Å². The van der Waals surface area contributed by atoms with Crippen molar-refractivity contribution in [3.8, 4) is 0 Å². The highest BCUT2D eigenvalue weighted by Gasteiger charge is 2.17. The maximum atomic E-state index is 12.2. The minimum absolute atomic E-state index is 0.352. The van der Waals surface area contributed by atoms with Crippen LogP contribution in [0.25, 0.3) is 21.8 Å². The van der Waals surface area contributed by atoms with Gasteiger partial charge in [-0.15, -0.1) is 0 Å². The fourth-order valence-corrected chi connectivity index (χ4v) is 3.86. The molecule has 0 aliphatic carbocycles. The van der Waals surface area contributed by atoms with Gasteiger partial charge < -0.3 is 9.30 Å². The van der Waals surface area contributed by atoms with Crippen LogP contribution in [0.5, 0.6) is 0 Å². The smallest absolute Gasteiger partial charge is 0.356 e. The predicted molar refractivity (Wildman–Crippen MR) is 111 cm³/mol. The van der Waals surface area contributed by atoms with Crippen LogP contribution in [0.1, 0.15) is 68.6 Å². The molecule has 0 amide bonds. The summed E-state index contributed by atoms with van der Waals surface area (Å²) in [6.45, 7) is 7.39. The van der Waals surface area contributed by atoms with Crippen molar-refractivity contribution in [3.05, 3.63) is 41.7 Å². The monoisotopic (exact) mass is 366 g/mol. The number of fused-ring (bicyclic) bond motifs is 3. The third kappa shape index (κ3) is 4.15. The van der Waals surface area contributed by atoms with Crippen molar-refractivity contribution in [2.24, 2.45) is 0 Å². The number of hydrogen-bond donors (Lipinski definition) is 0. The Kier molecular flexibility index (Phi) is 6.49. The second-order valence-corrected chi connectivity index (χ2v) is 7.15. The number of carbonyl (C=O) groups is 1. The molecule has 0 saturated carbocycles. The van der Waals surface area contributed by atoms with Crippen LogP contribution < -0.4 is 0 Å². The molecule has 27 heavy (non-hydrogen) atoms. The van der Waals surface area contributed by atoms with E-state index in [4.69, 9.17) is 4.74 Å². The number of esters is 1. The lowest BCUT2D eigenvalue weighted by molar-refractivity contribution is 0.0519. The summed E-state index contributed by atoms with van der Waals surface area (Å²) in [5, 5.41) is 2.27. The first-order valence-corrected chi connectivity index (χ1v) is 10.2. The van der Waals surface area contributed by atoms with Crippen LogP contribution in [-0.4, -0.2) is 22.1 Å². The van der Waals surface area contributed by atoms with E-state index in [0.29, 0.717) is 12.3 Å². The molecule has 0 fully saturated rings. The predicted octanol–water partition coefficient (Wildman–Crippen LogP) is 6.04. The molecular formula is C23H30N2O2. The Labute approximate surface area is 161 Å². The minimum atomic E-state index is -0.352. The standard InChI is InChI=1S/C23H30N2O2/c1-4-6-7-8-9-12-15-25-21-14-11-10-13-18(21)19-16-20(23(26)27-5-2)24-17(3)22(19)25/h10-11,13-14,16H,4-9,12,15H2,1-3H3. The summed E-state index contributed by atoms with van der Waals surface area (Å²) in [5.41, 5.74) is 3.63. The van der Waals surface area contributed by atoms with Crippen LogP contribution in [0.3, 0.4) is 0 Å². The van der Waals surface area contributed by atoms with E-state index in [1.54, 1.807) is 0 Å². The Morgan fingerprint density at radius 1 is 1.04 bits per heavy atom. The minimum Gasteiger partial charge on any atom is -0.461 e. The van der Waals surface area contributed by atoms with Crippen LogP contribution in [0.2, 0.25) is 0 Å². The molecule has 4 nitrogen and oxygen atoms in total. The van der Waals surface area contributed by atoms with Crippen molar-refractivity contribution in [2.45, 2.75) is 65.8 Å². The van der Waals surface area contributed by atoms with Crippen LogP contribution >= 0.6 is 0 Å². The third-order valence-corrected chi connectivity index (χ3v) is 5.14. The van der Waals surface area contributed by atoms with E-state index in [9.17, 15) is 4.79 Å². The van der Waals surface area contributed by atoms with Crippen molar-refractivity contribution in [2.75, 3.05) is 6.61 Å². The number of rotatable bonds is 9. The molecule has 0 saturated heterocycles. The first-order chi connectivity index (χ1) is 13.2. The van der Waals surface area contributed by atoms with Gasteiger partial charge in [0, 0.05) is 22.8 Å². The Balaban J connectivity index is 1.96. The average molecular weight is 367 g/mol. The lowest BCUT2D eigenvalue weighted by Gasteiger charge is -2.10. The zero-order valence-corrected chi connectivity index (χ0v) is 16.8. The van der Waals surface area contributed by atoms with E-state index >= 15 is 0 Å². The highest BCUT2D eigenvalue weighted by atomic mass is 16.5. The van der Waals surface area contributed by atoms with Crippen molar-refractivity contribution in [3.63, 3.8) is 0 Å². The largest absolute Gasteiger partial charge is 0.461 e. The maximum absolute atomic E-state index is 12.2. The fourth-order valence-electron chi connectivity index (χ4n) is 3.86. The summed E-state index contributed by atoms with van der Waals surface area (Å²) in [7, 11) is 0. The molecule has 0 bridgehead atoms. The Morgan fingerprint density at radius 3 is 2.56 bits per heavy atom. The molecule has 2 aromatic heterocycles. The number of aryl methyl sites for hydroxylation is 2. The van der Waals surface area contributed by atoms with E-state index < -0.39 is 0 Å². The topological polar surface area (TPSA) is 44.1 Å². The van der Waals surface area contributed by atoms with Gasteiger partial charge >= 0.3 is 5.97 Å². The van der Waals surface area contributed by atoms with Gasteiger partial charge in [0.15, 0.2) is 0 Å². The summed E-state index contributed by atoms with van der Waals surface area (Å²) in [6.07, 6.45) is 7.65. The molecule has 0 aliphatic rings. The summed E-state index contributed by atoms with van der Waals surface area (Å²) in [6, 6.07) is 10.3. The number of para-hydroxylation sites is 1. The van der Waals surface area contributed by atoms with E-state index in [0.717, 1.165) is 29.6 Å². The number of hydrogen-bond acceptors (Lipinski definition) is 3. The molecule has 0 atom stereocenters. The van der Waals surface area contributed by atoms with Gasteiger partial charge in [-0.2, -0.15) is 0 Å². The molecule has 0 radical (unpaired) electrons. The average Bonchev–Trinajstić information content (AvgIpc) is 2.99. The van der Waals surface area contributed by atoms with E-state index in [1.807, 2.05) is 19.9 Å². The summed E-state index contributed by atoms with van der Waals surface area (Å²) >= 11 is 0. The van der Waals surface area contributed by atoms with Gasteiger partial charge in [-0.3, -0.25) is 0 Å². The molecule has 1 aromatic carbocycles. The fraction of sp³-hybridized carbons (Fsp3) is 0.478. The number of benzene rings is 1. The second kappa shape index (κ2) is 9.03. The van der Waals surface area contributed by atoms with Gasteiger partial charge in [0.05, 0.1) is 17.8 Å². The number of carbonyl (C=O) groups excluding carboxylic acids is 1. The van der Waals surface area contributed by atoms with Gasteiger partial charge in [-0.25, -0.2) is 9.78 Å². The molecule has 0 aliphatic heterocycles. The Morgan fingerprint density at radius 2 is 1.78 bits per heavy atom. The third-order valence-electron chi connectivity index (χ3n) is 5.14. The van der Waals surface area contributed by atoms with Crippen LogP contribution in [0.15, 0.2) is 30.3 Å². The van der Waals surface area contributed by atoms with Crippen molar-refractivity contribution in [1.82, 2.24) is 9.55 Å². The van der Waals surface area contributed by atoms with E-state index in [2.05, 4.69) is 40.7 Å². The van der Waals surface area contributed by atoms with Gasteiger partial charge in [-0.1, -0.05) is 57.2 Å². The van der Waals surface area contributed by atoms with E-state index in [1.165, 1.54) is 43.0 Å². The van der Waals surface area contributed by atoms with Crippen molar-refractivity contribution in [1.29, 1.82) is 0 Å². The summed E-state index contributed by atoms with van der Waals surface area (Å²) in [4.78, 5) is 16.7. The van der Waals surface area contributed by atoms with Gasteiger partial charge in [0.2, 0.25) is 0 Å². The zero-order chi connectivity index (χ0) is 19.2. The molecule has 0 spiro atoms. The lowest BCUT2D eigenvalue weighted by atomic mass is 10.1. The Hall–Kier alpha value is -2.36. The molecule has 0 N–H and O–H groups in total. The van der Waals surface area contributed by atoms with Gasteiger partial charge in [0.25, 0.3) is 0 Å². The quantitative estimate of drug-likeness (QED) is 0.343. The first kappa shape index (κ1) is 19.4. The second-order valence-electron chi connectivity index (χ2n) is 7.15. The number of pyridine rings is 1. The molecule has 3 rings (SSSR count). The zero-order valence-electron chi connectivity index (χ0n) is 16.8. The summed E-state index contributed by atoms with van der Waals surface area (Å²) in [5.74, 6) is -0.352. The molecule has 144 valence electrons. The Bertz CT molecular complexity index is 927. The van der Waals surface area contributed by atoms with Gasteiger partial charge in [-0.05, 0) is 32.4 Å². The molecule has 3 aromatic rings. The van der Waals surface area contributed by atoms with Crippen molar-refractivity contribution >= 4 is 27.8 Å². The van der Waals surface area contributed by atoms with Gasteiger partial charge in [0.1, 0.15) is 5.69 Å². The highest BCUT2D eigenvalue weighted by molar-refractivity contribution is 6.10. The van der Waals surface area contributed by atoms with Crippen LogP contribution in [-0.2, 0) is 11.3 Å². The molecule has 4 heteroatoms. The lowest BCUT2D eigenvalue weighted by Crippen LogP contribution is -2.08. The van der Waals surface area contributed by atoms with Crippen LogP contribution in [0.4, 0.5) is 0 Å². The number of nitrogens with zero attached hydrogens (tertiary/aromatic N) is 2. The van der Waals surface area contributed by atoms with Crippen LogP contribution in [0, 0.1) is 6.92 Å². The number of aromatic nitrogens is 2. The van der Waals surface area contributed by atoms with Crippen molar-refractivity contribution < 1.29 is 9.53 Å². The number of ether oxygens (including phenoxy) is 1. The summed E-state index contributed by atoms with van der Waals surface area (Å²) < 4.78 is 7.53. The molecular weight excluding hydrogens is 336 g/mol. The number of unbranched alkanes of at least 4 members (excludes halogenated alkanes) is 5. The normalized spacial score (nSPS) is 11.4. The first-order valence-electron chi connectivity index (χ1n) is 10.2. The SMILES string of the molecule is CCCCCCCCn1c2ccccc2c2cc(C(=O)OCC)nc(C)c21. The molecule has 0 unspecified atom stereocenters. The maximum Gasteiger partial charge on any atom is 0.356 e. The highest BCUT2D eigenvalue weighted by Crippen LogP contribution is 2.31. The molecule has 2 heterocycles.